The molecule has 1 atom stereocenters. The SMILES string of the molecule is COC1CCCN(CCCCCNCC(C)C)C1. The van der Waals surface area contributed by atoms with Gasteiger partial charge in [0.1, 0.15) is 0 Å². The number of nitrogens with zero attached hydrogens (tertiary/aromatic N) is 1. The largest absolute Gasteiger partial charge is 0.380 e. The Morgan fingerprint density at radius 2 is 2.11 bits per heavy atom. The summed E-state index contributed by atoms with van der Waals surface area (Å²) < 4.78 is 5.45. The van der Waals surface area contributed by atoms with Crippen LogP contribution >= 0.6 is 0 Å². The number of hydrogen-bond donors (Lipinski definition) is 1. The Morgan fingerprint density at radius 1 is 1.28 bits per heavy atom. The van der Waals surface area contributed by atoms with Crippen molar-refractivity contribution in [2.75, 3.05) is 39.8 Å². The highest BCUT2D eigenvalue weighted by Gasteiger charge is 2.18. The Morgan fingerprint density at radius 3 is 2.83 bits per heavy atom. The first-order valence-corrected chi connectivity index (χ1v) is 7.68. The van der Waals surface area contributed by atoms with Crippen LogP contribution in [-0.2, 0) is 4.74 Å². The molecule has 0 aromatic rings. The third-order valence-corrected chi connectivity index (χ3v) is 3.68. The van der Waals surface area contributed by atoms with Crippen LogP contribution in [0.15, 0.2) is 0 Å². The van der Waals surface area contributed by atoms with Crippen molar-refractivity contribution in [3.05, 3.63) is 0 Å². The van der Waals surface area contributed by atoms with Gasteiger partial charge in [-0.3, -0.25) is 0 Å². The molecule has 1 N–H and O–H groups in total. The lowest BCUT2D eigenvalue weighted by Crippen LogP contribution is -2.39. The number of hydrogen-bond acceptors (Lipinski definition) is 3. The van der Waals surface area contributed by atoms with Crippen molar-refractivity contribution in [3.8, 4) is 0 Å². The van der Waals surface area contributed by atoms with Crippen molar-refractivity contribution in [2.24, 2.45) is 5.92 Å². The van der Waals surface area contributed by atoms with Crippen molar-refractivity contribution < 1.29 is 4.74 Å². The third kappa shape index (κ3) is 7.34. The van der Waals surface area contributed by atoms with Gasteiger partial charge in [0.25, 0.3) is 0 Å². The fraction of sp³-hybridized carbons (Fsp3) is 1.00. The van der Waals surface area contributed by atoms with Gasteiger partial charge in [-0.15, -0.1) is 0 Å². The first kappa shape index (κ1) is 15.9. The van der Waals surface area contributed by atoms with Crippen LogP contribution in [0, 0.1) is 5.92 Å². The molecule has 1 rings (SSSR count). The molecule has 1 heterocycles. The molecule has 0 spiro atoms. The first-order valence-electron chi connectivity index (χ1n) is 7.68. The molecule has 0 saturated carbocycles. The summed E-state index contributed by atoms with van der Waals surface area (Å²) in [7, 11) is 1.84. The monoisotopic (exact) mass is 256 g/mol. The second kappa shape index (κ2) is 9.76. The van der Waals surface area contributed by atoms with Crippen molar-refractivity contribution in [3.63, 3.8) is 0 Å². The zero-order chi connectivity index (χ0) is 13.2. The fourth-order valence-corrected chi connectivity index (χ4v) is 2.56. The van der Waals surface area contributed by atoms with Gasteiger partial charge in [0.05, 0.1) is 6.10 Å². The average Bonchev–Trinajstić information content (AvgIpc) is 2.37. The van der Waals surface area contributed by atoms with Crippen LogP contribution in [0.1, 0.15) is 46.0 Å². The van der Waals surface area contributed by atoms with Crippen LogP contribution in [0.4, 0.5) is 0 Å². The Bertz CT molecular complexity index is 197. The Hall–Kier alpha value is -0.120. The maximum Gasteiger partial charge on any atom is 0.0698 e. The van der Waals surface area contributed by atoms with Gasteiger partial charge in [0.15, 0.2) is 0 Å². The maximum absolute atomic E-state index is 5.45. The molecule has 18 heavy (non-hydrogen) atoms. The molecular weight excluding hydrogens is 224 g/mol. The van der Waals surface area contributed by atoms with E-state index in [2.05, 4.69) is 24.1 Å². The lowest BCUT2D eigenvalue weighted by molar-refractivity contribution is 0.0309. The van der Waals surface area contributed by atoms with Gasteiger partial charge in [-0.05, 0) is 57.8 Å². The van der Waals surface area contributed by atoms with Gasteiger partial charge in [0, 0.05) is 13.7 Å². The van der Waals surface area contributed by atoms with Crippen molar-refractivity contribution >= 4 is 0 Å². The maximum atomic E-state index is 5.45. The quantitative estimate of drug-likeness (QED) is 0.642. The second-order valence-electron chi connectivity index (χ2n) is 5.96. The highest BCUT2D eigenvalue weighted by molar-refractivity contribution is 4.72. The summed E-state index contributed by atoms with van der Waals surface area (Å²) in [5, 5.41) is 3.51. The van der Waals surface area contributed by atoms with E-state index in [1.807, 2.05) is 7.11 Å². The van der Waals surface area contributed by atoms with E-state index in [1.54, 1.807) is 0 Å². The minimum Gasteiger partial charge on any atom is -0.380 e. The predicted octanol–water partition coefficient (Wildman–Crippen LogP) is 2.51. The predicted molar refractivity (Wildman–Crippen MR) is 78.0 cm³/mol. The Kier molecular flexibility index (Phi) is 8.64. The first-order chi connectivity index (χ1) is 8.72. The van der Waals surface area contributed by atoms with Crippen LogP contribution in [0.3, 0.4) is 0 Å². The summed E-state index contributed by atoms with van der Waals surface area (Å²) in [6, 6.07) is 0. The summed E-state index contributed by atoms with van der Waals surface area (Å²) in [5.41, 5.74) is 0. The number of ether oxygens (including phenoxy) is 1. The summed E-state index contributed by atoms with van der Waals surface area (Å²) in [6.45, 7) is 10.5. The molecule has 108 valence electrons. The molecule has 0 amide bonds. The van der Waals surface area contributed by atoms with Crippen LogP contribution in [0.5, 0.6) is 0 Å². The van der Waals surface area contributed by atoms with Gasteiger partial charge in [0.2, 0.25) is 0 Å². The second-order valence-corrected chi connectivity index (χ2v) is 5.96. The lowest BCUT2D eigenvalue weighted by Gasteiger charge is -2.31. The highest BCUT2D eigenvalue weighted by atomic mass is 16.5. The molecule has 3 heteroatoms. The molecule has 1 aliphatic rings. The Labute approximate surface area is 113 Å². The van der Waals surface area contributed by atoms with E-state index in [0.717, 1.165) is 19.0 Å². The smallest absolute Gasteiger partial charge is 0.0698 e. The minimum atomic E-state index is 0.478. The van der Waals surface area contributed by atoms with Crippen molar-refractivity contribution in [1.82, 2.24) is 10.2 Å². The number of unbranched alkanes of at least 4 members (excludes halogenated alkanes) is 2. The fourth-order valence-electron chi connectivity index (χ4n) is 2.56. The van der Waals surface area contributed by atoms with E-state index in [0.29, 0.717) is 6.10 Å². The molecular formula is C15H32N2O. The van der Waals surface area contributed by atoms with Crippen LogP contribution in [-0.4, -0.2) is 50.8 Å². The van der Waals surface area contributed by atoms with E-state index in [1.165, 1.54) is 51.7 Å². The third-order valence-electron chi connectivity index (χ3n) is 3.68. The van der Waals surface area contributed by atoms with Gasteiger partial charge in [-0.1, -0.05) is 20.3 Å². The number of likely N-dealkylation sites (tertiary alicyclic amines) is 1. The average molecular weight is 256 g/mol. The zero-order valence-electron chi connectivity index (χ0n) is 12.6. The Balaban J connectivity index is 1.91. The van der Waals surface area contributed by atoms with Crippen LogP contribution in [0.25, 0.3) is 0 Å². The number of nitrogens with one attached hydrogen (secondary N) is 1. The van der Waals surface area contributed by atoms with Crippen LogP contribution < -0.4 is 5.32 Å². The molecule has 0 aromatic heterocycles. The standard InChI is InChI=1S/C15H32N2O/c1-14(2)12-16-9-5-4-6-10-17-11-7-8-15(13-17)18-3/h14-16H,4-13H2,1-3H3. The van der Waals surface area contributed by atoms with E-state index in [9.17, 15) is 0 Å². The normalized spacial score (nSPS) is 21.7. The summed E-state index contributed by atoms with van der Waals surface area (Å²) in [4.78, 5) is 2.57. The highest BCUT2D eigenvalue weighted by Crippen LogP contribution is 2.13. The van der Waals surface area contributed by atoms with Gasteiger partial charge in [-0.25, -0.2) is 0 Å². The molecule has 1 saturated heterocycles. The molecule has 1 fully saturated rings. The molecule has 3 nitrogen and oxygen atoms in total. The number of piperidine rings is 1. The minimum absolute atomic E-state index is 0.478. The summed E-state index contributed by atoms with van der Waals surface area (Å²) in [6.07, 6.45) is 7.01. The van der Waals surface area contributed by atoms with Gasteiger partial charge in [-0.2, -0.15) is 0 Å². The van der Waals surface area contributed by atoms with E-state index < -0.39 is 0 Å². The molecule has 0 aliphatic carbocycles. The molecule has 0 bridgehead atoms. The van der Waals surface area contributed by atoms with E-state index in [-0.39, 0.29) is 0 Å². The van der Waals surface area contributed by atoms with Crippen molar-refractivity contribution in [1.29, 1.82) is 0 Å². The molecule has 1 aliphatic heterocycles. The van der Waals surface area contributed by atoms with Crippen LogP contribution in [0.2, 0.25) is 0 Å². The molecule has 1 unspecified atom stereocenters. The topological polar surface area (TPSA) is 24.5 Å². The lowest BCUT2D eigenvalue weighted by atomic mass is 10.1. The number of rotatable bonds is 9. The molecule has 0 aromatic carbocycles. The zero-order valence-corrected chi connectivity index (χ0v) is 12.6. The van der Waals surface area contributed by atoms with E-state index >= 15 is 0 Å². The summed E-state index contributed by atoms with van der Waals surface area (Å²) in [5.74, 6) is 0.768. The van der Waals surface area contributed by atoms with Gasteiger partial charge < -0.3 is 15.0 Å². The van der Waals surface area contributed by atoms with Crippen molar-refractivity contribution in [2.45, 2.75) is 52.1 Å². The number of methoxy groups -OCH3 is 1. The van der Waals surface area contributed by atoms with E-state index in [4.69, 9.17) is 4.74 Å². The molecule has 0 radical (unpaired) electrons. The summed E-state index contributed by atoms with van der Waals surface area (Å²) >= 11 is 0. The van der Waals surface area contributed by atoms with Gasteiger partial charge >= 0.3 is 0 Å².